The van der Waals surface area contributed by atoms with E-state index in [0.29, 0.717) is 28.0 Å². The van der Waals surface area contributed by atoms with Gasteiger partial charge in [-0.2, -0.15) is 4.98 Å². The first-order valence-electron chi connectivity index (χ1n) is 9.89. The summed E-state index contributed by atoms with van der Waals surface area (Å²) in [5.41, 5.74) is 5.31. The lowest BCUT2D eigenvalue weighted by molar-refractivity contribution is 0.103. The minimum atomic E-state index is -0.187. The Morgan fingerprint density at radius 1 is 0.806 bits per heavy atom. The van der Waals surface area contributed by atoms with E-state index in [1.54, 1.807) is 6.07 Å². The monoisotopic (exact) mass is 429 g/mol. The number of carbonyl (C=O) groups is 1. The Kier molecular flexibility index (Phi) is 5.95. The van der Waals surface area contributed by atoms with Crippen LogP contribution in [0.2, 0.25) is 0 Å². The first-order valence-corrected chi connectivity index (χ1v) is 10.8. The van der Waals surface area contributed by atoms with Crippen LogP contribution in [0.3, 0.4) is 0 Å². The fourth-order valence-electron chi connectivity index (χ4n) is 2.99. The largest absolute Gasteiger partial charge is 0.338 e. The average molecular weight is 430 g/mol. The first-order chi connectivity index (χ1) is 15.0. The number of amides is 1. The van der Waals surface area contributed by atoms with Crippen LogP contribution in [0.15, 0.2) is 66.0 Å². The van der Waals surface area contributed by atoms with E-state index in [9.17, 15) is 4.79 Å². The normalized spacial score (nSPS) is 10.5. The molecule has 0 saturated heterocycles. The Morgan fingerprint density at radius 2 is 1.42 bits per heavy atom. The minimum absolute atomic E-state index is 0.187. The van der Waals surface area contributed by atoms with Gasteiger partial charge < -0.3 is 16.0 Å². The summed E-state index contributed by atoms with van der Waals surface area (Å²) in [5.74, 6) is 0.786. The van der Waals surface area contributed by atoms with Gasteiger partial charge in [-0.3, -0.25) is 4.79 Å². The summed E-state index contributed by atoms with van der Waals surface area (Å²) in [4.78, 5) is 22.5. The van der Waals surface area contributed by atoms with Crippen LogP contribution in [0.5, 0.6) is 0 Å². The van der Waals surface area contributed by atoms with Crippen molar-refractivity contribution < 1.29 is 4.79 Å². The summed E-state index contributed by atoms with van der Waals surface area (Å²) in [6, 6.07) is 19.6. The van der Waals surface area contributed by atoms with E-state index >= 15 is 0 Å². The van der Waals surface area contributed by atoms with Gasteiger partial charge >= 0.3 is 0 Å². The molecule has 7 heteroatoms. The van der Waals surface area contributed by atoms with Crippen molar-refractivity contribution in [3.8, 4) is 0 Å². The van der Waals surface area contributed by atoms with Crippen molar-refractivity contribution in [2.75, 3.05) is 16.0 Å². The second-order valence-electron chi connectivity index (χ2n) is 7.27. The van der Waals surface area contributed by atoms with Crippen LogP contribution in [-0.4, -0.2) is 15.9 Å². The number of hydrogen-bond acceptors (Lipinski definition) is 6. The van der Waals surface area contributed by atoms with Gasteiger partial charge in [0.05, 0.1) is 10.6 Å². The first kappa shape index (κ1) is 20.6. The number of anilines is 5. The lowest BCUT2D eigenvalue weighted by atomic mass is 10.2. The average Bonchev–Trinajstić information content (AvgIpc) is 3.29. The zero-order valence-corrected chi connectivity index (χ0v) is 18.4. The molecule has 156 valence electrons. The molecule has 2 heterocycles. The molecule has 0 aliphatic carbocycles. The molecule has 0 fully saturated rings. The summed E-state index contributed by atoms with van der Waals surface area (Å²) in [5, 5.41) is 11.4. The van der Waals surface area contributed by atoms with Gasteiger partial charge in [0.15, 0.2) is 5.82 Å². The standard InChI is InChI=1S/C24H23N5OS/c1-15-6-10-18(11-7-15)26-22-21(28-23(30)20-5-4-14-31-20)17(3)25-24(29-22)27-19-12-8-16(2)9-13-19/h4-14H,1-3H3,(H,28,30)(H2,25,26,27,29). The van der Waals surface area contributed by atoms with Crippen LogP contribution >= 0.6 is 11.3 Å². The maximum atomic E-state index is 12.7. The summed E-state index contributed by atoms with van der Waals surface area (Å²) in [6.07, 6.45) is 0. The third-order valence-electron chi connectivity index (χ3n) is 4.70. The predicted octanol–water partition coefficient (Wildman–Crippen LogP) is 6.20. The van der Waals surface area contributed by atoms with E-state index in [1.807, 2.05) is 80.7 Å². The third-order valence-corrected chi connectivity index (χ3v) is 5.56. The van der Waals surface area contributed by atoms with E-state index < -0.39 is 0 Å². The molecule has 3 N–H and O–H groups in total. The molecule has 0 spiro atoms. The van der Waals surface area contributed by atoms with Gasteiger partial charge in [0, 0.05) is 11.4 Å². The molecule has 0 saturated carbocycles. The van der Waals surface area contributed by atoms with Crippen LogP contribution < -0.4 is 16.0 Å². The van der Waals surface area contributed by atoms with Crippen molar-refractivity contribution in [1.82, 2.24) is 9.97 Å². The number of hydrogen-bond donors (Lipinski definition) is 3. The highest BCUT2D eigenvalue weighted by atomic mass is 32.1. The molecule has 0 aliphatic rings. The quantitative estimate of drug-likeness (QED) is 0.340. The highest BCUT2D eigenvalue weighted by molar-refractivity contribution is 7.12. The van der Waals surface area contributed by atoms with Crippen molar-refractivity contribution in [2.24, 2.45) is 0 Å². The number of aryl methyl sites for hydroxylation is 3. The predicted molar refractivity (Wildman–Crippen MR) is 128 cm³/mol. The molecule has 31 heavy (non-hydrogen) atoms. The van der Waals surface area contributed by atoms with Crippen LogP contribution in [0.25, 0.3) is 0 Å². The Morgan fingerprint density at radius 3 is 2.00 bits per heavy atom. The molecular weight excluding hydrogens is 406 g/mol. The molecule has 0 atom stereocenters. The van der Waals surface area contributed by atoms with Crippen LogP contribution in [-0.2, 0) is 0 Å². The maximum absolute atomic E-state index is 12.7. The minimum Gasteiger partial charge on any atom is -0.338 e. The Hall–Kier alpha value is -3.71. The molecule has 1 amide bonds. The van der Waals surface area contributed by atoms with E-state index in [0.717, 1.165) is 16.9 Å². The molecule has 4 aromatic rings. The zero-order chi connectivity index (χ0) is 21.8. The van der Waals surface area contributed by atoms with Gasteiger partial charge in [0.25, 0.3) is 5.91 Å². The molecular formula is C24H23N5OS. The van der Waals surface area contributed by atoms with E-state index in [-0.39, 0.29) is 5.91 Å². The molecule has 2 aromatic carbocycles. The van der Waals surface area contributed by atoms with E-state index in [4.69, 9.17) is 0 Å². The topological polar surface area (TPSA) is 78.9 Å². The number of carbonyl (C=O) groups excluding carboxylic acids is 1. The van der Waals surface area contributed by atoms with Gasteiger partial charge in [-0.15, -0.1) is 11.3 Å². The van der Waals surface area contributed by atoms with Crippen molar-refractivity contribution >= 4 is 46.1 Å². The second-order valence-corrected chi connectivity index (χ2v) is 8.22. The maximum Gasteiger partial charge on any atom is 0.265 e. The van der Waals surface area contributed by atoms with Crippen molar-refractivity contribution in [3.63, 3.8) is 0 Å². The number of benzene rings is 2. The second kappa shape index (κ2) is 8.97. The molecule has 0 unspecified atom stereocenters. The highest BCUT2D eigenvalue weighted by Crippen LogP contribution is 2.29. The van der Waals surface area contributed by atoms with E-state index in [2.05, 4.69) is 25.9 Å². The van der Waals surface area contributed by atoms with Crippen LogP contribution in [0.1, 0.15) is 26.5 Å². The fraction of sp³-hybridized carbons (Fsp3) is 0.125. The van der Waals surface area contributed by atoms with Crippen LogP contribution in [0, 0.1) is 20.8 Å². The van der Waals surface area contributed by atoms with Gasteiger partial charge in [-0.1, -0.05) is 41.5 Å². The molecule has 0 radical (unpaired) electrons. The van der Waals surface area contributed by atoms with Crippen molar-refractivity contribution in [1.29, 1.82) is 0 Å². The van der Waals surface area contributed by atoms with Gasteiger partial charge in [0.2, 0.25) is 5.95 Å². The highest BCUT2D eigenvalue weighted by Gasteiger charge is 2.17. The summed E-state index contributed by atoms with van der Waals surface area (Å²) in [7, 11) is 0. The molecule has 4 rings (SSSR count). The number of nitrogens with one attached hydrogen (secondary N) is 3. The fourth-order valence-corrected chi connectivity index (χ4v) is 3.61. The van der Waals surface area contributed by atoms with Crippen LogP contribution in [0.4, 0.5) is 28.8 Å². The van der Waals surface area contributed by atoms with E-state index in [1.165, 1.54) is 16.9 Å². The summed E-state index contributed by atoms with van der Waals surface area (Å²) < 4.78 is 0. The smallest absolute Gasteiger partial charge is 0.265 e. The van der Waals surface area contributed by atoms with Gasteiger partial charge in [0.1, 0.15) is 5.69 Å². The number of thiophene rings is 1. The zero-order valence-electron chi connectivity index (χ0n) is 17.6. The molecule has 2 aromatic heterocycles. The summed E-state index contributed by atoms with van der Waals surface area (Å²) >= 11 is 1.39. The number of aromatic nitrogens is 2. The Balaban J connectivity index is 1.68. The molecule has 0 bridgehead atoms. The Labute approximate surface area is 185 Å². The third kappa shape index (κ3) is 5.07. The SMILES string of the molecule is Cc1ccc(Nc2nc(C)c(NC(=O)c3cccs3)c(Nc3ccc(C)cc3)n2)cc1. The van der Waals surface area contributed by atoms with Crippen molar-refractivity contribution in [3.05, 3.63) is 87.7 Å². The van der Waals surface area contributed by atoms with Crippen molar-refractivity contribution in [2.45, 2.75) is 20.8 Å². The van der Waals surface area contributed by atoms with Gasteiger partial charge in [-0.05, 0) is 56.5 Å². The Bertz CT molecular complexity index is 1190. The summed E-state index contributed by atoms with van der Waals surface area (Å²) in [6.45, 7) is 5.93. The molecule has 0 aliphatic heterocycles. The van der Waals surface area contributed by atoms with Gasteiger partial charge in [-0.25, -0.2) is 4.98 Å². The number of rotatable bonds is 6. The number of nitrogens with zero attached hydrogens (tertiary/aromatic N) is 2. The lowest BCUT2D eigenvalue weighted by Crippen LogP contribution is -2.15. The molecule has 6 nitrogen and oxygen atoms in total. The lowest BCUT2D eigenvalue weighted by Gasteiger charge is -2.16.